The molecule has 3 heterocycles. The van der Waals surface area contributed by atoms with Crippen LogP contribution in [0.5, 0.6) is 0 Å². The fourth-order valence-electron chi connectivity index (χ4n) is 2.08. The summed E-state index contributed by atoms with van der Waals surface area (Å²) in [6.07, 6.45) is -3.73. The third-order valence-electron chi connectivity index (χ3n) is 3.23. The molecule has 0 aliphatic heterocycles. The van der Waals surface area contributed by atoms with Crippen LogP contribution < -0.4 is 5.32 Å². The number of hydrogen-bond donors (Lipinski definition) is 1. The summed E-state index contributed by atoms with van der Waals surface area (Å²) in [5.74, 6) is 0.248. The Hall–Kier alpha value is -2.55. The Labute approximate surface area is 138 Å². The predicted molar refractivity (Wildman–Crippen MR) is 77.6 cm³/mol. The highest BCUT2D eigenvalue weighted by Crippen LogP contribution is 2.32. The van der Waals surface area contributed by atoms with Gasteiger partial charge in [0.15, 0.2) is 17.2 Å². The number of nitrogens with zero attached hydrogens (tertiary/aromatic N) is 3. The molecule has 24 heavy (non-hydrogen) atoms. The van der Waals surface area contributed by atoms with Gasteiger partial charge in [0.1, 0.15) is 5.76 Å². The van der Waals surface area contributed by atoms with Gasteiger partial charge in [0.25, 0.3) is 5.91 Å². The van der Waals surface area contributed by atoms with Crippen molar-refractivity contribution in [1.29, 1.82) is 0 Å². The molecular formula is C14H10ClF3N4O2. The fourth-order valence-corrected chi connectivity index (χ4v) is 2.32. The Morgan fingerprint density at radius 1 is 1.38 bits per heavy atom. The number of amides is 1. The van der Waals surface area contributed by atoms with Gasteiger partial charge in [-0.15, -0.1) is 10.2 Å². The normalized spacial score (nSPS) is 11.9. The van der Waals surface area contributed by atoms with Crippen LogP contribution in [0.25, 0.3) is 5.65 Å². The van der Waals surface area contributed by atoms with E-state index in [0.29, 0.717) is 5.76 Å². The van der Waals surface area contributed by atoms with Crippen molar-refractivity contribution in [3.63, 3.8) is 0 Å². The highest BCUT2D eigenvalue weighted by atomic mass is 35.5. The zero-order valence-corrected chi connectivity index (χ0v) is 12.9. The quantitative estimate of drug-likeness (QED) is 0.780. The van der Waals surface area contributed by atoms with E-state index in [0.717, 1.165) is 16.7 Å². The number of halogens is 4. The van der Waals surface area contributed by atoms with Crippen molar-refractivity contribution in [1.82, 2.24) is 19.9 Å². The molecule has 0 fully saturated rings. The smallest absolute Gasteiger partial charge is 0.417 e. The van der Waals surface area contributed by atoms with E-state index < -0.39 is 17.6 Å². The minimum atomic E-state index is -4.56. The average molecular weight is 359 g/mol. The molecule has 0 radical (unpaired) electrons. The van der Waals surface area contributed by atoms with Crippen LogP contribution in [0.2, 0.25) is 5.02 Å². The number of carbonyl (C=O) groups excluding carboxylic acids is 1. The van der Waals surface area contributed by atoms with Crippen molar-refractivity contribution in [2.75, 3.05) is 0 Å². The van der Waals surface area contributed by atoms with Crippen molar-refractivity contribution < 1.29 is 22.4 Å². The third kappa shape index (κ3) is 3.07. The van der Waals surface area contributed by atoms with Gasteiger partial charge in [-0.2, -0.15) is 13.2 Å². The van der Waals surface area contributed by atoms with E-state index in [9.17, 15) is 18.0 Å². The van der Waals surface area contributed by atoms with E-state index in [1.807, 2.05) is 0 Å². The van der Waals surface area contributed by atoms with E-state index in [1.54, 1.807) is 13.0 Å². The first-order chi connectivity index (χ1) is 11.3. The van der Waals surface area contributed by atoms with Gasteiger partial charge in [-0.25, -0.2) is 0 Å². The fraction of sp³-hybridized carbons (Fsp3) is 0.214. The van der Waals surface area contributed by atoms with E-state index in [2.05, 4.69) is 15.5 Å². The summed E-state index contributed by atoms with van der Waals surface area (Å²) in [7, 11) is 0. The molecule has 0 aromatic carbocycles. The summed E-state index contributed by atoms with van der Waals surface area (Å²) in [5, 5.41) is 9.82. The molecule has 0 spiro atoms. The van der Waals surface area contributed by atoms with Crippen LogP contribution in [0, 0.1) is 6.92 Å². The maximum atomic E-state index is 12.9. The summed E-state index contributed by atoms with van der Waals surface area (Å²) in [6.45, 7) is 1.54. The molecule has 0 bridgehead atoms. The lowest BCUT2D eigenvalue weighted by atomic mass is 10.2. The number of pyridine rings is 1. The van der Waals surface area contributed by atoms with Crippen LogP contribution in [0.15, 0.2) is 28.8 Å². The number of alkyl halides is 3. The number of furan rings is 1. The second kappa shape index (κ2) is 5.82. The first kappa shape index (κ1) is 16.3. The van der Waals surface area contributed by atoms with Crippen molar-refractivity contribution >= 4 is 23.2 Å². The topological polar surface area (TPSA) is 72.4 Å². The molecule has 3 aromatic rings. The molecule has 0 saturated heterocycles. The van der Waals surface area contributed by atoms with Crippen molar-refractivity contribution in [2.24, 2.45) is 0 Å². The lowest BCUT2D eigenvalue weighted by molar-refractivity contribution is -0.137. The third-order valence-corrected chi connectivity index (χ3v) is 3.51. The number of hydrogen-bond acceptors (Lipinski definition) is 4. The summed E-state index contributed by atoms with van der Waals surface area (Å²) in [4.78, 5) is 11.9. The maximum Gasteiger partial charge on any atom is 0.417 e. The maximum absolute atomic E-state index is 12.9. The first-order valence-electron chi connectivity index (χ1n) is 6.70. The molecule has 126 valence electrons. The summed E-state index contributed by atoms with van der Waals surface area (Å²) >= 11 is 5.82. The molecule has 6 nitrogen and oxygen atoms in total. The SMILES string of the molecule is Cc1ccc(C(=O)NCc2nnc3c(Cl)cc(C(F)(F)F)cn23)o1. The number of aryl methyl sites for hydroxylation is 1. The summed E-state index contributed by atoms with van der Waals surface area (Å²) in [6, 6.07) is 3.89. The number of nitrogens with one attached hydrogen (secondary N) is 1. The molecule has 3 aromatic heterocycles. The average Bonchev–Trinajstić information content (AvgIpc) is 3.10. The molecule has 0 unspecified atom stereocenters. The van der Waals surface area contributed by atoms with Gasteiger partial charge in [-0.3, -0.25) is 9.20 Å². The molecular weight excluding hydrogens is 349 g/mol. The molecule has 1 N–H and O–H groups in total. The Morgan fingerprint density at radius 3 is 2.75 bits per heavy atom. The molecule has 0 aliphatic rings. The highest BCUT2D eigenvalue weighted by Gasteiger charge is 2.32. The number of fused-ring (bicyclic) bond motifs is 1. The Kier molecular flexibility index (Phi) is 3.96. The zero-order valence-electron chi connectivity index (χ0n) is 12.2. The minimum Gasteiger partial charge on any atom is -0.456 e. The molecule has 0 aliphatic carbocycles. The first-order valence-corrected chi connectivity index (χ1v) is 7.08. The van der Waals surface area contributed by atoms with E-state index in [4.69, 9.17) is 16.0 Å². The number of carbonyl (C=O) groups is 1. The van der Waals surface area contributed by atoms with Crippen LogP contribution in [-0.2, 0) is 12.7 Å². The molecule has 1 amide bonds. The van der Waals surface area contributed by atoms with Crippen LogP contribution in [0.1, 0.15) is 27.7 Å². The predicted octanol–water partition coefficient (Wildman–Crippen LogP) is 3.23. The van der Waals surface area contributed by atoms with Crippen molar-refractivity contribution in [2.45, 2.75) is 19.6 Å². The minimum absolute atomic E-state index is 0.0720. The monoisotopic (exact) mass is 358 g/mol. The van der Waals surface area contributed by atoms with Gasteiger partial charge in [0, 0.05) is 6.20 Å². The molecule has 0 atom stereocenters. The van der Waals surface area contributed by atoms with Crippen molar-refractivity contribution in [3.8, 4) is 0 Å². The summed E-state index contributed by atoms with van der Waals surface area (Å²) in [5.41, 5.74) is -0.864. The molecule has 0 saturated carbocycles. The van der Waals surface area contributed by atoms with Crippen LogP contribution in [0.3, 0.4) is 0 Å². The van der Waals surface area contributed by atoms with E-state index in [-0.39, 0.29) is 28.8 Å². The van der Waals surface area contributed by atoms with Crippen LogP contribution in [0.4, 0.5) is 13.2 Å². The largest absolute Gasteiger partial charge is 0.456 e. The second-order valence-corrected chi connectivity index (χ2v) is 5.38. The standard InChI is InChI=1S/C14H10ClF3N4O2/c1-7-2-3-10(24-7)13(23)19-5-11-20-21-12-9(15)4-8(6-22(11)12)14(16,17)18/h2-4,6H,5H2,1H3,(H,19,23). The highest BCUT2D eigenvalue weighted by molar-refractivity contribution is 6.33. The van der Waals surface area contributed by atoms with Gasteiger partial charge in [-0.05, 0) is 25.1 Å². The van der Waals surface area contributed by atoms with Crippen molar-refractivity contribution in [3.05, 3.63) is 52.3 Å². The van der Waals surface area contributed by atoms with Crippen LogP contribution in [-0.4, -0.2) is 20.5 Å². The lowest BCUT2D eigenvalue weighted by Gasteiger charge is -2.09. The van der Waals surface area contributed by atoms with E-state index in [1.165, 1.54) is 6.07 Å². The van der Waals surface area contributed by atoms with Gasteiger partial charge in [0.05, 0.1) is 17.1 Å². The van der Waals surface area contributed by atoms with Crippen LogP contribution >= 0.6 is 11.6 Å². The number of aromatic nitrogens is 3. The second-order valence-electron chi connectivity index (χ2n) is 4.98. The Bertz CT molecular complexity index is 917. The Balaban J connectivity index is 1.87. The van der Waals surface area contributed by atoms with Gasteiger partial charge >= 0.3 is 6.18 Å². The molecule has 3 rings (SSSR count). The van der Waals surface area contributed by atoms with Gasteiger partial charge < -0.3 is 9.73 Å². The molecule has 10 heteroatoms. The van der Waals surface area contributed by atoms with E-state index >= 15 is 0 Å². The zero-order chi connectivity index (χ0) is 17.5. The summed E-state index contributed by atoms with van der Waals surface area (Å²) < 4.78 is 44.9. The lowest BCUT2D eigenvalue weighted by Crippen LogP contribution is -2.23. The Morgan fingerprint density at radius 2 is 2.12 bits per heavy atom. The number of rotatable bonds is 3. The van der Waals surface area contributed by atoms with Gasteiger partial charge in [0.2, 0.25) is 0 Å². The van der Waals surface area contributed by atoms with Gasteiger partial charge in [-0.1, -0.05) is 11.6 Å².